The van der Waals surface area contributed by atoms with Crippen LogP contribution in [0.25, 0.3) is 0 Å². The maximum atomic E-state index is 13.9. The predicted octanol–water partition coefficient (Wildman–Crippen LogP) is 1.35. The van der Waals surface area contributed by atoms with Gasteiger partial charge in [-0.25, -0.2) is 21.5 Å². The van der Waals surface area contributed by atoms with Gasteiger partial charge in [-0.3, -0.25) is 4.79 Å². The summed E-state index contributed by atoms with van der Waals surface area (Å²) in [6.45, 7) is 1.08. The van der Waals surface area contributed by atoms with Crippen molar-refractivity contribution in [3.05, 3.63) is 0 Å². The molecule has 22 heavy (non-hydrogen) atoms. The maximum absolute atomic E-state index is 13.9. The first-order valence-electron chi connectivity index (χ1n) is 7.85. The molecule has 126 valence electrons. The molecule has 1 aliphatic carbocycles. The molecule has 0 aromatic heterocycles. The van der Waals surface area contributed by atoms with Crippen LogP contribution in [0.5, 0.6) is 0 Å². The molecule has 0 bridgehead atoms. The fourth-order valence-electron chi connectivity index (χ4n) is 3.90. The molecule has 3 rings (SSSR count). The monoisotopic (exact) mass is 336 g/mol. The minimum atomic E-state index is -3.70. The second-order valence-corrected chi connectivity index (χ2v) is 9.03. The van der Waals surface area contributed by atoms with E-state index in [-0.39, 0.29) is 30.7 Å². The van der Waals surface area contributed by atoms with Crippen molar-refractivity contribution in [3.63, 3.8) is 0 Å². The highest BCUT2D eigenvalue weighted by atomic mass is 32.2. The van der Waals surface area contributed by atoms with E-state index in [1.165, 1.54) is 4.31 Å². The van der Waals surface area contributed by atoms with Crippen molar-refractivity contribution in [2.45, 2.75) is 44.4 Å². The smallest absolute Gasteiger partial charge is 0.251 e. The molecule has 2 unspecified atom stereocenters. The van der Waals surface area contributed by atoms with Crippen LogP contribution in [0.2, 0.25) is 0 Å². The highest BCUT2D eigenvalue weighted by molar-refractivity contribution is 7.89. The van der Waals surface area contributed by atoms with E-state index in [1.54, 1.807) is 0 Å². The Morgan fingerprint density at radius 3 is 2.68 bits per heavy atom. The summed E-state index contributed by atoms with van der Waals surface area (Å²) in [6, 6.07) is 0. The molecule has 3 aliphatic rings. The van der Waals surface area contributed by atoms with Crippen LogP contribution in [0.4, 0.5) is 8.78 Å². The van der Waals surface area contributed by atoms with E-state index >= 15 is 0 Å². The normalized spacial score (nSPS) is 35.9. The van der Waals surface area contributed by atoms with Crippen molar-refractivity contribution in [1.29, 1.82) is 0 Å². The molecular weight excluding hydrogens is 314 g/mol. The molecule has 2 saturated heterocycles. The van der Waals surface area contributed by atoms with Gasteiger partial charge in [0.05, 0.1) is 5.75 Å². The Hall–Kier alpha value is -0.760. The Morgan fingerprint density at radius 2 is 2.05 bits per heavy atom. The third-order valence-corrected chi connectivity index (χ3v) is 7.24. The Kier molecular flexibility index (Phi) is 3.96. The number of amides is 1. The van der Waals surface area contributed by atoms with Crippen LogP contribution in [-0.4, -0.2) is 49.9 Å². The lowest BCUT2D eigenvalue weighted by atomic mass is 9.86. The Morgan fingerprint density at radius 1 is 1.27 bits per heavy atom. The minimum absolute atomic E-state index is 0.0574. The molecule has 0 radical (unpaired) electrons. The molecule has 1 N–H and O–H groups in total. The van der Waals surface area contributed by atoms with Gasteiger partial charge >= 0.3 is 0 Å². The standard InChI is InChI=1S/C14H22F2N2O3S/c15-14(16)4-2-1-3-11(14)8-22(20,21)18-6-5-13(10-18)7-12(19)17-9-13/h11H,1-10H2,(H,17,19). The summed E-state index contributed by atoms with van der Waals surface area (Å²) in [4.78, 5) is 11.4. The lowest BCUT2D eigenvalue weighted by Crippen LogP contribution is -2.42. The SMILES string of the molecule is O=C1CC2(CCN(S(=O)(=O)CC3CCCCC3(F)F)C2)CN1. The van der Waals surface area contributed by atoms with Gasteiger partial charge in [0.2, 0.25) is 15.9 Å². The first kappa shape index (κ1) is 16.1. The number of alkyl halides is 2. The Bertz CT molecular complexity index is 566. The molecule has 2 aliphatic heterocycles. The number of carbonyl (C=O) groups is 1. The fourth-order valence-corrected chi connectivity index (χ4v) is 5.87. The molecule has 2 heterocycles. The van der Waals surface area contributed by atoms with Crippen LogP contribution in [0, 0.1) is 11.3 Å². The van der Waals surface area contributed by atoms with E-state index in [0.29, 0.717) is 38.8 Å². The molecule has 1 spiro atoms. The van der Waals surface area contributed by atoms with Crippen LogP contribution < -0.4 is 5.32 Å². The molecule has 0 aromatic carbocycles. The number of hydrogen-bond acceptors (Lipinski definition) is 3. The quantitative estimate of drug-likeness (QED) is 0.846. The van der Waals surface area contributed by atoms with Crippen LogP contribution >= 0.6 is 0 Å². The van der Waals surface area contributed by atoms with Gasteiger partial charge in [0.15, 0.2) is 0 Å². The van der Waals surface area contributed by atoms with Crippen molar-refractivity contribution >= 4 is 15.9 Å². The van der Waals surface area contributed by atoms with Crippen LogP contribution in [0.1, 0.15) is 38.5 Å². The van der Waals surface area contributed by atoms with Crippen LogP contribution in [-0.2, 0) is 14.8 Å². The van der Waals surface area contributed by atoms with Gasteiger partial charge in [0.25, 0.3) is 5.92 Å². The molecule has 3 fully saturated rings. The van der Waals surface area contributed by atoms with E-state index in [1.807, 2.05) is 0 Å². The summed E-state index contributed by atoms with van der Waals surface area (Å²) in [5, 5.41) is 2.74. The zero-order valence-electron chi connectivity index (χ0n) is 12.5. The van der Waals surface area contributed by atoms with Crippen molar-refractivity contribution < 1.29 is 22.0 Å². The molecule has 0 aromatic rings. The van der Waals surface area contributed by atoms with Gasteiger partial charge in [-0.05, 0) is 19.3 Å². The third-order valence-electron chi connectivity index (χ3n) is 5.31. The number of nitrogens with one attached hydrogen (secondary N) is 1. The molecule has 5 nitrogen and oxygen atoms in total. The van der Waals surface area contributed by atoms with E-state index < -0.39 is 27.6 Å². The molecule has 2 atom stereocenters. The number of rotatable bonds is 3. The number of halogens is 2. The van der Waals surface area contributed by atoms with Gasteiger partial charge in [0.1, 0.15) is 0 Å². The third kappa shape index (κ3) is 2.99. The number of nitrogens with zero attached hydrogens (tertiary/aromatic N) is 1. The summed E-state index contributed by atoms with van der Waals surface area (Å²) < 4.78 is 54.1. The first-order chi connectivity index (χ1) is 10.2. The molecular formula is C14H22F2N2O3S. The Labute approximate surface area is 129 Å². The number of carbonyl (C=O) groups excluding carboxylic acids is 1. The summed E-state index contributed by atoms with van der Waals surface area (Å²) >= 11 is 0. The second-order valence-electron chi connectivity index (χ2n) is 7.02. The lowest BCUT2D eigenvalue weighted by Gasteiger charge is -2.32. The van der Waals surface area contributed by atoms with Gasteiger partial charge in [0, 0.05) is 43.8 Å². The van der Waals surface area contributed by atoms with E-state index in [2.05, 4.69) is 5.32 Å². The van der Waals surface area contributed by atoms with Gasteiger partial charge in [-0.2, -0.15) is 0 Å². The van der Waals surface area contributed by atoms with E-state index in [0.717, 1.165) is 0 Å². The van der Waals surface area contributed by atoms with Gasteiger partial charge < -0.3 is 5.32 Å². The minimum Gasteiger partial charge on any atom is -0.355 e. The van der Waals surface area contributed by atoms with Crippen molar-refractivity contribution in [3.8, 4) is 0 Å². The zero-order valence-corrected chi connectivity index (χ0v) is 13.3. The molecule has 1 amide bonds. The average molecular weight is 336 g/mol. The zero-order chi connectivity index (χ0) is 16.0. The van der Waals surface area contributed by atoms with Crippen LogP contribution in [0.15, 0.2) is 0 Å². The second kappa shape index (κ2) is 5.40. The maximum Gasteiger partial charge on any atom is 0.251 e. The Balaban J connectivity index is 1.68. The predicted molar refractivity (Wildman–Crippen MR) is 76.9 cm³/mol. The topological polar surface area (TPSA) is 66.5 Å². The molecule has 8 heteroatoms. The number of sulfonamides is 1. The van der Waals surface area contributed by atoms with Crippen molar-refractivity contribution in [1.82, 2.24) is 9.62 Å². The average Bonchev–Trinajstić information content (AvgIpc) is 3.00. The highest BCUT2D eigenvalue weighted by Crippen LogP contribution is 2.41. The summed E-state index contributed by atoms with van der Waals surface area (Å²) in [5.74, 6) is -4.49. The largest absolute Gasteiger partial charge is 0.355 e. The lowest BCUT2D eigenvalue weighted by molar-refractivity contribution is -0.119. The van der Waals surface area contributed by atoms with E-state index in [9.17, 15) is 22.0 Å². The first-order valence-corrected chi connectivity index (χ1v) is 9.46. The van der Waals surface area contributed by atoms with E-state index in [4.69, 9.17) is 0 Å². The summed E-state index contributed by atoms with van der Waals surface area (Å²) in [6.07, 6.45) is 2.13. The van der Waals surface area contributed by atoms with Crippen molar-refractivity contribution in [2.24, 2.45) is 11.3 Å². The van der Waals surface area contributed by atoms with Crippen LogP contribution in [0.3, 0.4) is 0 Å². The highest BCUT2D eigenvalue weighted by Gasteiger charge is 2.49. The summed E-state index contributed by atoms with van der Waals surface area (Å²) in [5.41, 5.74) is -0.334. The van der Waals surface area contributed by atoms with Gasteiger partial charge in [-0.1, -0.05) is 6.42 Å². The molecule has 1 saturated carbocycles. The number of hydrogen-bond donors (Lipinski definition) is 1. The van der Waals surface area contributed by atoms with Crippen molar-refractivity contribution in [2.75, 3.05) is 25.4 Å². The summed E-state index contributed by atoms with van der Waals surface area (Å²) in [7, 11) is -3.70. The van der Waals surface area contributed by atoms with Gasteiger partial charge in [-0.15, -0.1) is 0 Å². The fraction of sp³-hybridized carbons (Fsp3) is 0.929.